The number of anilines is 2. The van der Waals surface area contributed by atoms with Crippen LogP contribution >= 0.6 is 0 Å². The average Bonchev–Trinajstić information content (AvgIpc) is 2.55. The Hall–Kier alpha value is -2.43. The number of nitrogens with one attached hydrogen (secondary N) is 1. The monoisotopic (exact) mass is 312 g/mol. The van der Waals surface area contributed by atoms with Crippen molar-refractivity contribution < 1.29 is 4.79 Å². The molecule has 0 saturated carbocycles. The van der Waals surface area contributed by atoms with Gasteiger partial charge in [-0.25, -0.2) is 9.97 Å². The van der Waals surface area contributed by atoms with Gasteiger partial charge in [-0.15, -0.1) is 0 Å². The fourth-order valence-corrected chi connectivity index (χ4v) is 2.33. The van der Waals surface area contributed by atoms with Crippen LogP contribution in [0, 0.1) is 13.8 Å². The molecule has 1 amide bonds. The summed E-state index contributed by atoms with van der Waals surface area (Å²) in [5, 5.41) is 2.92. The molecule has 0 radical (unpaired) electrons. The molecule has 1 aromatic carbocycles. The number of aromatic nitrogens is 2. The van der Waals surface area contributed by atoms with Crippen LogP contribution in [0.25, 0.3) is 0 Å². The van der Waals surface area contributed by atoms with Crippen molar-refractivity contribution in [2.24, 2.45) is 0 Å². The number of amides is 1. The van der Waals surface area contributed by atoms with E-state index in [0.29, 0.717) is 5.69 Å². The van der Waals surface area contributed by atoms with E-state index in [1.807, 2.05) is 44.0 Å². The predicted molar refractivity (Wildman–Crippen MR) is 94.1 cm³/mol. The minimum atomic E-state index is -0.218. The van der Waals surface area contributed by atoms with Crippen molar-refractivity contribution in [1.82, 2.24) is 9.97 Å². The summed E-state index contributed by atoms with van der Waals surface area (Å²) in [5.41, 5.74) is 3.38. The van der Waals surface area contributed by atoms with E-state index in [4.69, 9.17) is 0 Å². The second kappa shape index (κ2) is 7.72. The van der Waals surface area contributed by atoms with Crippen molar-refractivity contribution in [3.8, 4) is 0 Å². The number of hydrogen-bond donors (Lipinski definition) is 1. The van der Waals surface area contributed by atoms with Crippen LogP contribution in [0.4, 0.5) is 11.5 Å². The number of hydrogen-bond acceptors (Lipinski definition) is 4. The van der Waals surface area contributed by atoms with Crippen LogP contribution in [0.15, 0.2) is 30.6 Å². The van der Waals surface area contributed by atoms with E-state index in [2.05, 4.69) is 22.2 Å². The summed E-state index contributed by atoms with van der Waals surface area (Å²) in [6, 6.07) is 7.67. The summed E-state index contributed by atoms with van der Waals surface area (Å²) < 4.78 is 0. The van der Waals surface area contributed by atoms with Gasteiger partial charge in [0.1, 0.15) is 17.8 Å². The Morgan fingerprint density at radius 3 is 2.70 bits per heavy atom. The van der Waals surface area contributed by atoms with Crippen molar-refractivity contribution in [2.75, 3.05) is 23.8 Å². The van der Waals surface area contributed by atoms with Crippen LogP contribution in [-0.2, 0) is 0 Å². The van der Waals surface area contributed by atoms with E-state index in [-0.39, 0.29) is 5.91 Å². The van der Waals surface area contributed by atoms with E-state index in [0.717, 1.165) is 36.5 Å². The number of rotatable bonds is 6. The molecule has 0 saturated heterocycles. The maximum absolute atomic E-state index is 12.4. The minimum absolute atomic E-state index is 0.218. The van der Waals surface area contributed by atoms with Crippen LogP contribution in [0.1, 0.15) is 41.4 Å². The summed E-state index contributed by atoms with van der Waals surface area (Å²) in [7, 11) is 1.98. The lowest BCUT2D eigenvalue weighted by molar-refractivity contribution is 0.102. The molecule has 0 bridgehead atoms. The molecular formula is C18H24N4O. The van der Waals surface area contributed by atoms with Gasteiger partial charge >= 0.3 is 0 Å². The summed E-state index contributed by atoms with van der Waals surface area (Å²) in [5.74, 6) is 0.545. The number of nitrogens with zero attached hydrogens (tertiary/aromatic N) is 3. The molecule has 1 aromatic heterocycles. The highest BCUT2D eigenvalue weighted by atomic mass is 16.1. The van der Waals surface area contributed by atoms with Crippen LogP contribution in [0.3, 0.4) is 0 Å². The number of aryl methyl sites for hydroxylation is 2. The quantitative estimate of drug-likeness (QED) is 0.885. The summed E-state index contributed by atoms with van der Waals surface area (Å²) in [4.78, 5) is 22.8. The lowest BCUT2D eigenvalue weighted by Crippen LogP contribution is -2.21. The molecule has 0 fully saturated rings. The molecule has 1 N–H and O–H groups in total. The van der Waals surface area contributed by atoms with E-state index in [9.17, 15) is 4.79 Å². The maximum atomic E-state index is 12.4. The Labute approximate surface area is 137 Å². The highest BCUT2D eigenvalue weighted by Gasteiger charge is 2.12. The fourth-order valence-electron chi connectivity index (χ4n) is 2.33. The summed E-state index contributed by atoms with van der Waals surface area (Å²) in [6.07, 6.45) is 3.65. The smallest absolute Gasteiger partial charge is 0.274 e. The number of carbonyl (C=O) groups excluding carboxylic acids is 1. The Balaban J connectivity index is 2.13. The zero-order valence-corrected chi connectivity index (χ0v) is 14.3. The molecule has 0 spiro atoms. The molecule has 0 unspecified atom stereocenters. The van der Waals surface area contributed by atoms with Gasteiger partial charge in [0, 0.05) is 25.3 Å². The highest BCUT2D eigenvalue weighted by Crippen LogP contribution is 2.17. The normalized spacial score (nSPS) is 10.4. The molecule has 1 heterocycles. The van der Waals surface area contributed by atoms with E-state index < -0.39 is 0 Å². The first kappa shape index (κ1) is 16.9. The lowest BCUT2D eigenvalue weighted by Gasteiger charge is -2.17. The van der Waals surface area contributed by atoms with Crippen LogP contribution < -0.4 is 10.2 Å². The van der Waals surface area contributed by atoms with E-state index >= 15 is 0 Å². The molecule has 2 rings (SSSR count). The predicted octanol–water partition coefficient (Wildman–Crippen LogP) is 3.58. The molecule has 122 valence electrons. The van der Waals surface area contributed by atoms with Crippen molar-refractivity contribution in [2.45, 2.75) is 33.6 Å². The Bertz CT molecular complexity index is 684. The Morgan fingerprint density at radius 1 is 1.22 bits per heavy atom. The first-order valence-corrected chi connectivity index (χ1v) is 7.93. The maximum Gasteiger partial charge on any atom is 0.274 e. The van der Waals surface area contributed by atoms with E-state index in [1.54, 1.807) is 6.07 Å². The van der Waals surface area contributed by atoms with Gasteiger partial charge in [0.15, 0.2) is 0 Å². The van der Waals surface area contributed by atoms with Crippen molar-refractivity contribution in [1.29, 1.82) is 0 Å². The molecule has 0 aliphatic heterocycles. The second-order valence-corrected chi connectivity index (χ2v) is 5.81. The highest BCUT2D eigenvalue weighted by molar-refractivity contribution is 6.03. The lowest BCUT2D eigenvalue weighted by atomic mass is 10.1. The molecular weight excluding hydrogens is 288 g/mol. The Morgan fingerprint density at radius 2 is 2.00 bits per heavy atom. The molecule has 23 heavy (non-hydrogen) atoms. The van der Waals surface area contributed by atoms with Gasteiger partial charge in [-0.2, -0.15) is 0 Å². The van der Waals surface area contributed by atoms with Crippen molar-refractivity contribution >= 4 is 17.4 Å². The van der Waals surface area contributed by atoms with Gasteiger partial charge in [0.05, 0.1) is 0 Å². The first-order valence-electron chi connectivity index (χ1n) is 7.93. The number of benzene rings is 1. The third kappa shape index (κ3) is 4.52. The van der Waals surface area contributed by atoms with Crippen LogP contribution in [0.2, 0.25) is 0 Å². The van der Waals surface area contributed by atoms with Gasteiger partial charge in [-0.05, 0) is 31.9 Å². The second-order valence-electron chi connectivity index (χ2n) is 5.81. The topological polar surface area (TPSA) is 58.1 Å². The summed E-state index contributed by atoms with van der Waals surface area (Å²) >= 11 is 0. The summed E-state index contributed by atoms with van der Waals surface area (Å²) in [6.45, 7) is 7.07. The van der Waals surface area contributed by atoms with Crippen LogP contribution in [0.5, 0.6) is 0 Å². The zero-order valence-electron chi connectivity index (χ0n) is 14.3. The molecule has 2 aromatic rings. The van der Waals surface area contributed by atoms with Gasteiger partial charge in [0.2, 0.25) is 0 Å². The molecule has 0 aliphatic carbocycles. The van der Waals surface area contributed by atoms with Gasteiger partial charge in [-0.1, -0.05) is 31.0 Å². The standard InChI is InChI=1S/C18H24N4O/c1-5-6-9-22(4)17-11-16(19-12-20-17)18(23)21-15-8-7-13(2)10-14(15)3/h7-8,10-12H,5-6,9H2,1-4H3,(H,21,23). The van der Waals surface area contributed by atoms with Gasteiger partial charge in [-0.3, -0.25) is 4.79 Å². The zero-order chi connectivity index (χ0) is 16.8. The number of carbonyl (C=O) groups is 1. The van der Waals surface area contributed by atoms with Gasteiger partial charge < -0.3 is 10.2 Å². The number of unbranched alkanes of at least 4 members (excludes halogenated alkanes) is 1. The molecule has 5 heteroatoms. The van der Waals surface area contributed by atoms with Gasteiger partial charge in [0.25, 0.3) is 5.91 Å². The SMILES string of the molecule is CCCCN(C)c1cc(C(=O)Nc2ccc(C)cc2C)ncn1. The van der Waals surface area contributed by atoms with Crippen LogP contribution in [-0.4, -0.2) is 29.5 Å². The van der Waals surface area contributed by atoms with Crippen molar-refractivity contribution in [3.63, 3.8) is 0 Å². The Kier molecular flexibility index (Phi) is 5.68. The molecule has 0 aliphatic rings. The largest absolute Gasteiger partial charge is 0.360 e. The average molecular weight is 312 g/mol. The third-order valence-corrected chi connectivity index (χ3v) is 3.75. The molecule has 0 atom stereocenters. The third-order valence-electron chi connectivity index (χ3n) is 3.75. The fraction of sp³-hybridized carbons (Fsp3) is 0.389. The molecule has 5 nitrogen and oxygen atoms in total. The minimum Gasteiger partial charge on any atom is -0.360 e. The van der Waals surface area contributed by atoms with Crippen molar-refractivity contribution in [3.05, 3.63) is 47.4 Å². The van der Waals surface area contributed by atoms with E-state index in [1.165, 1.54) is 11.9 Å². The first-order chi connectivity index (χ1) is 11.0.